The fraction of sp³-hybridized carbons (Fsp3) is 0.455. The van der Waals surface area contributed by atoms with Crippen LogP contribution in [0.5, 0.6) is 0 Å². The Bertz CT molecular complexity index is 260. The molecule has 1 atom stereocenters. The van der Waals surface area contributed by atoms with Crippen LogP contribution in [-0.2, 0) is 11.3 Å². The van der Waals surface area contributed by atoms with Crippen molar-refractivity contribution < 1.29 is 9.13 Å². The molecular formula is C11H16FNO. The number of halogens is 1. The number of ether oxygens (including phenoxy) is 1. The van der Waals surface area contributed by atoms with Crippen molar-refractivity contribution >= 4 is 0 Å². The molecule has 0 aliphatic rings. The molecule has 0 spiro atoms. The predicted octanol–water partition coefficient (Wildman–Crippen LogP) is 1.94. The first-order chi connectivity index (χ1) is 6.72. The van der Waals surface area contributed by atoms with Gasteiger partial charge in [-0.3, -0.25) is 0 Å². The summed E-state index contributed by atoms with van der Waals surface area (Å²) < 4.78 is 17.9. The first-order valence-electron chi connectivity index (χ1n) is 4.74. The zero-order valence-electron chi connectivity index (χ0n) is 8.37. The van der Waals surface area contributed by atoms with Crippen LogP contribution in [0.4, 0.5) is 4.39 Å². The highest BCUT2D eigenvalue weighted by molar-refractivity contribution is 5.14. The second kappa shape index (κ2) is 5.73. The molecule has 0 radical (unpaired) electrons. The van der Waals surface area contributed by atoms with E-state index in [2.05, 4.69) is 0 Å². The summed E-state index contributed by atoms with van der Waals surface area (Å²) in [5, 5.41) is 0. The van der Waals surface area contributed by atoms with Gasteiger partial charge >= 0.3 is 0 Å². The Morgan fingerprint density at radius 2 is 2.00 bits per heavy atom. The van der Waals surface area contributed by atoms with Crippen molar-refractivity contribution in [3.63, 3.8) is 0 Å². The van der Waals surface area contributed by atoms with E-state index in [1.807, 2.05) is 6.92 Å². The molecule has 1 unspecified atom stereocenters. The third-order valence-electron chi connectivity index (χ3n) is 1.99. The number of nitrogens with two attached hydrogens (primary N) is 1. The molecule has 2 nitrogen and oxygen atoms in total. The van der Waals surface area contributed by atoms with E-state index in [1.54, 1.807) is 12.1 Å². The summed E-state index contributed by atoms with van der Waals surface area (Å²) in [6, 6.07) is 6.32. The van der Waals surface area contributed by atoms with Crippen LogP contribution in [0.1, 0.15) is 12.5 Å². The van der Waals surface area contributed by atoms with E-state index in [1.165, 1.54) is 12.1 Å². The summed E-state index contributed by atoms with van der Waals surface area (Å²) in [7, 11) is 0. The second-order valence-corrected chi connectivity index (χ2v) is 3.48. The molecule has 0 saturated carbocycles. The molecule has 0 aliphatic carbocycles. The topological polar surface area (TPSA) is 35.2 Å². The van der Waals surface area contributed by atoms with Gasteiger partial charge in [0.25, 0.3) is 0 Å². The van der Waals surface area contributed by atoms with Crippen molar-refractivity contribution in [3.05, 3.63) is 35.6 Å². The largest absolute Gasteiger partial charge is 0.376 e. The van der Waals surface area contributed by atoms with E-state index in [4.69, 9.17) is 10.5 Å². The van der Waals surface area contributed by atoms with Gasteiger partial charge in [-0.15, -0.1) is 0 Å². The Balaban J connectivity index is 2.28. The summed E-state index contributed by atoms with van der Waals surface area (Å²) in [5.41, 5.74) is 6.42. The molecule has 14 heavy (non-hydrogen) atoms. The lowest BCUT2D eigenvalue weighted by Crippen LogP contribution is -2.16. The van der Waals surface area contributed by atoms with Crippen LogP contribution in [0.25, 0.3) is 0 Å². The Hall–Kier alpha value is -0.930. The Kier molecular flexibility index (Phi) is 4.56. The van der Waals surface area contributed by atoms with E-state index in [0.29, 0.717) is 25.7 Å². The van der Waals surface area contributed by atoms with Crippen LogP contribution in [0, 0.1) is 11.7 Å². The standard InChI is InChI=1S/C11H16FNO/c1-9(6-13)7-14-8-10-2-4-11(12)5-3-10/h2-5,9H,6-8,13H2,1H3. The molecule has 0 aliphatic heterocycles. The van der Waals surface area contributed by atoms with Gasteiger partial charge < -0.3 is 10.5 Å². The van der Waals surface area contributed by atoms with E-state index in [9.17, 15) is 4.39 Å². The molecule has 1 aromatic carbocycles. The summed E-state index contributed by atoms with van der Waals surface area (Å²) >= 11 is 0. The van der Waals surface area contributed by atoms with Crippen molar-refractivity contribution in [2.75, 3.05) is 13.2 Å². The fourth-order valence-corrected chi connectivity index (χ4v) is 1.03. The van der Waals surface area contributed by atoms with Gasteiger partial charge in [0.2, 0.25) is 0 Å². The quantitative estimate of drug-likeness (QED) is 0.782. The number of hydrogen-bond acceptors (Lipinski definition) is 2. The van der Waals surface area contributed by atoms with Crippen molar-refractivity contribution in [1.29, 1.82) is 0 Å². The molecule has 1 rings (SSSR count). The Morgan fingerprint density at radius 3 is 2.57 bits per heavy atom. The van der Waals surface area contributed by atoms with Gasteiger partial charge in [0.1, 0.15) is 5.82 Å². The summed E-state index contributed by atoms with van der Waals surface area (Å²) in [6.07, 6.45) is 0. The number of benzene rings is 1. The maximum atomic E-state index is 12.5. The predicted molar refractivity (Wildman–Crippen MR) is 54.3 cm³/mol. The van der Waals surface area contributed by atoms with Crippen molar-refractivity contribution in [2.24, 2.45) is 11.7 Å². The molecular weight excluding hydrogens is 181 g/mol. The van der Waals surface area contributed by atoms with E-state index in [-0.39, 0.29) is 5.82 Å². The molecule has 3 heteroatoms. The lowest BCUT2D eigenvalue weighted by molar-refractivity contribution is 0.0943. The smallest absolute Gasteiger partial charge is 0.123 e. The molecule has 0 fully saturated rings. The molecule has 78 valence electrons. The van der Waals surface area contributed by atoms with Gasteiger partial charge in [-0.25, -0.2) is 4.39 Å². The molecule has 1 aromatic rings. The number of hydrogen-bond donors (Lipinski definition) is 1. The summed E-state index contributed by atoms with van der Waals surface area (Å²) in [6.45, 7) is 3.83. The van der Waals surface area contributed by atoms with Gasteiger partial charge in [-0.1, -0.05) is 19.1 Å². The third kappa shape index (κ3) is 3.85. The zero-order valence-corrected chi connectivity index (χ0v) is 8.37. The highest BCUT2D eigenvalue weighted by Gasteiger charge is 1.99. The summed E-state index contributed by atoms with van der Waals surface area (Å²) in [4.78, 5) is 0. The van der Waals surface area contributed by atoms with Gasteiger partial charge in [0.05, 0.1) is 13.2 Å². The molecule has 0 amide bonds. The van der Waals surface area contributed by atoms with Crippen molar-refractivity contribution in [2.45, 2.75) is 13.5 Å². The van der Waals surface area contributed by atoms with E-state index < -0.39 is 0 Å². The average Bonchev–Trinajstić information content (AvgIpc) is 2.21. The van der Waals surface area contributed by atoms with Crippen LogP contribution >= 0.6 is 0 Å². The van der Waals surface area contributed by atoms with Gasteiger partial charge in [0.15, 0.2) is 0 Å². The minimum atomic E-state index is -0.218. The molecule has 0 saturated heterocycles. The Labute approximate surface area is 83.9 Å². The monoisotopic (exact) mass is 197 g/mol. The number of rotatable bonds is 5. The van der Waals surface area contributed by atoms with Crippen LogP contribution in [-0.4, -0.2) is 13.2 Å². The molecule has 0 aromatic heterocycles. The molecule has 0 bridgehead atoms. The van der Waals surface area contributed by atoms with Crippen LogP contribution in [0.2, 0.25) is 0 Å². The van der Waals surface area contributed by atoms with Crippen LogP contribution in [0.15, 0.2) is 24.3 Å². The highest BCUT2D eigenvalue weighted by atomic mass is 19.1. The van der Waals surface area contributed by atoms with Crippen LogP contribution in [0.3, 0.4) is 0 Å². The highest BCUT2D eigenvalue weighted by Crippen LogP contribution is 2.05. The third-order valence-corrected chi connectivity index (χ3v) is 1.99. The molecule has 0 heterocycles. The minimum Gasteiger partial charge on any atom is -0.376 e. The lowest BCUT2D eigenvalue weighted by Gasteiger charge is -2.09. The van der Waals surface area contributed by atoms with E-state index in [0.717, 1.165) is 5.56 Å². The average molecular weight is 197 g/mol. The minimum absolute atomic E-state index is 0.218. The summed E-state index contributed by atoms with van der Waals surface area (Å²) in [5.74, 6) is 0.152. The molecule has 2 N–H and O–H groups in total. The van der Waals surface area contributed by atoms with Crippen LogP contribution < -0.4 is 5.73 Å². The first-order valence-corrected chi connectivity index (χ1v) is 4.74. The Morgan fingerprint density at radius 1 is 1.36 bits per heavy atom. The fourth-order valence-electron chi connectivity index (χ4n) is 1.03. The first kappa shape index (κ1) is 11.1. The van der Waals surface area contributed by atoms with Crippen molar-refractivity contribution in [3.8, 4) is 0 Å². The van der Waals surface area contributed by atoms with Crippen molar-refractivity contribution in [1.82, 2.24) is 0 Å². The normalized spacial score (nSPS) is 12.8. The SMILES string of the molecule is CC(CN)COCc1ccc(F)cc1. The van der Waals surface area contributed by atoms with Gasteiger partial charge in [-0.05, 0) is 30.2 Å². The zero-order chi connectivity index (χ0) is 10.4. The van der Waals surface area contributed by atoms with E-state index >= 15 is 0 Å². The second-order valence-electron chi connectivity index (χ2n) is 3.48. The van der Waals surface area contributed by atoms with Gasteiger partial charge in [0, 0.05) is 0 Å². The van der Waals surface area contributed by atoms with Gasteiger partial charge in [-0.2, -0.15) is 0 Å². The maximum Gasteiger partial charge on any atom is 0.123 e. The maximum absolute atomic E-state index is 12.5. The lowest BCUT2D eigenvalue weighted by atomic mass is 10.2.